The summed E-state index contributed by atoms with van der Waals surface area (Å²) in [5.74, 6) is -0.346. The van der Waals surface area contributed by atoms with Crippen LogP contribution < -0.4 is 5.32 Å². The van der Waals surface area contributed by atoms with Crippen LogP contribution in [0.5, 0.6) is 0 Å². The van der Waals surface area contributed by atoms with E-state index < -0.39 is 4.92 Å². The summed E-state index contributed by atoms with van der Waals surface area (Å²) in [6.45, 7) is 1.98. The highest BCUT2D eigenvalue weighted by molar-refractivity contribution is 5.65. The Morgan fingerprint density at radius 2 is 2.31 bits per heavy atom. The first-order chi connectivity index (χ1) is 7.59. The van der Waals surface area contributed by atoms with Crippen LogP contribution in [0.25, 0.3) is 0 Å². The second-order valence-electron chi connectivity index (χ2n) is 3.07. The number of non-ortho nitro benzene ring substituents is 1. The molecule has 0 aromatic heterocycles. The van der Waals surface area contributed by atoms with Crippen molar-refractivity contribution < 1.29 is 14.5 Å². The first-order valence-electron chi connectivity index (χ1n) is 4.71. The van der Waals surface area contributed by atoms with Gasteiger partial charge in [0.2, 0.25) is 0 Å². The highest BCUT2D eigenvalue weighted by Crippen LogP contribution is 2.16. The van der Waals surface area contributed by atoms with Gasteiger partial charge in [-0.1, -0.05) is 6.07 Å². The maximum Gasteiger partial charge on any atom is 0.302 e. The van der Waals surface area contributed by atoms with Crippen molar-refractivity contribution in [3.63, 3.8) is 0 Å². The molecule has 0 unspecified atom stereocenters. The average molecular weight is 224 g/mol. The van der Waals surface area contributed by atoms with Crippen molar-refractivity contribution in [2.45, 2.75) is 6.92 Å². The number of ether oxygens (including phenoxy) is 1. The summed E-state index contributed by atoms with van der Waals surface area (Å²) in [4.78, 5) is 20.5. The van der Waals surface area contributed by atoms with Crippen molar-refractivity contribution in [1.82, 2.24) is 0 Å². The molecule has 6 heteroatoms. The van der Waals surface area contributed by atoms with Gasteiger partial charge in [-0.3, -0.25) is 14.9 Å². The molecular weight excluding hydrogens is 212 g/mol. The van der Waals surface area contributed by atoms with E-state index in [2.05, 4.69) is 5.32 Å². The number of hydrogen-bond donors (Lipinski definition) is 1. The Kier molecular flexibility index (Phi) is 4.26. The molecule has 0 heterocycles. The van der Waals surface area contributed by atoms with Crippen molar-refractivity contribution in [2.75, 3.05) is 18.5 Å². The number of nitro groups is 1. The number of rotatable bonds is 5. The molecule has 0 radical (unpaired) electrons. The lowest BCUT2D eigenvalue weighted by atomic mass is 10.3. The second-order valence-corrected chi connectivity index (χ2v) is 3.07. The van der Waals surface area contributed by atoms with Crippen molar-refractivity contribution in [1.29, 1.82) is 0 Å². The molecule has 0 saturated heterocycles. The summed E-state index contributed by atoms with van der Waals surface area (Å²) in [5, 5.41) is 13.4. The lowest BCUT2D eigenvalue weighted by molar-refractivity contribution is -0.384. The van der Waals surface area contributed by atoms with Crippen LogP contribution in [0.2, 0.25) is 0 Å². The van der Waals surface area contributed by atoms with Gasteiger partial charge in [0.1, 0.15) is 6.61 Å². The van der Waals surface area contributed by atoms with E-state index in [0.717, 1.165) is 0 Å². The first-order valence-corrected chi connectivity index (χ1v) is 4.71. The number of carbonyl (C=O) groups excluding carboxylic acids is 1. The van der Waals surface area contributed by atoms with Gasteiger partial charge in [0.05, 0.1) is 4.92 Å². The normalized spacial score (nSPS) is 9.56. The van der Waals surface area contributed by atoms with Crippen LogP contribution in [0.1, 0.15) is 6.92 Å². The monoisotopic (exact) mass is 224 g/mol. The van der Waals surface area contributed by atoms with E-state index in [1.165, 1.54) is 19.1 Å². The molecule has 86 valence electrons. The fourth-order valence-electron chi connectivity index (χ4n) is 1.12. The van der Waals surface area contributed by atoms with Crippen LogP contribution in [0.3, 0.4) is 0 Å². The van der Waals surface area contributed by atoms with Gasteiger partial charge in [-0.25, -0.2) is 0 Å². The van der Waals surface area contributed by atoms with Gasteiger partial charge >= 0.3 is 5.97 Å². The van der Waals surface area contributed by atoms with Crippen LogP contribution in [0, 0.1) is 10.1 Å². The predicted molar refractivity (Wildman–Crippen MR) is 58.2 cm³/mol. The summed E-state index contributed by atoms with van der Waals surface area (Å²) in [6.07, 6.45) is 0. The van der Waals surface area contributed by atoms with Gasteiger partial charge < -0.3 is 10.1 Å². The minimum atomic E-state index is -0.461. The third-order valence-corrected chi connectivity index (χ3v) is 1.79. The first kappa shape index (κ1) is 12.0. The molecule has 1 aromatic carbocycles. The van der Waals surface area contributed by atoms with Gasteiger partial charge in [0.15, 0.2) is 0 Å². The minimum absolute atomic E-state index is 0.0255. The molecule has 1 rings (SSSR count). The summed E-state index contributed by atoms with van der Waals surface area (Å²) in [7, 11) is 0. The Bertz CT molecular complexity index is 392. The zero-order valence-electron chi connectivity index (χ0n) is 8.80. The molecule has 6 nitrogen and oxygen atoms in total. The van der Waals surface area contributed by atoms with Crippen LogP contribution >= 0.6 is 0 Å². The molecule has 0 fully saturated rings. The van der Waals surface area contributed by atoms with Gasteiger partial charge in [-0.05, 0) is 6.07 Å². The molecule has 16 heavy (non-hydrogen) atoms. The van der Waals surface area contributed by atoms with E-state index in [1.54, 1.807) is 12.1 Å². The van der Waals surface area contributed by atoms with Crippen molar-refractivity contribution >= 4 is 17.3 Å². The van der Waals surface area contributed by atoms with Gasteiger partial charge in [-0.15, -0.1) is 0 Å². The number of nitrogens with zero attached hydrogens (tertiary/aromatic N) is 1. The Morgan fingerprint density at radius 1 is 1.56 bits per heavy atom. The third kappa shape index (κ3) is 3.95. The number of nitro benzene ring substituents is 1. The molecule has 0 atom stereocenters. The standard InChI is InChI=1S/C10H12N2O4/c1-8(13)16-6-5-11-9-3-2-4-10(7-9)12(14)15/h2-4,7,11H,5-6H2,1H3. The highest BCUT2D eigenvalue weighted by atomic mass is 16.6. The zero-order valence-corrected chi connectivity index (χ0v) is 8.80. The zero-order chi connectivity index (χ0) is 12.0. The Morgan fingerprint density at radius 3 is 2.94 bits per heavy atom. The van der Waals surface area contributed by atoms with Crippen LogP contribution in [0.15, 0.2) is 24.3 Å². The largest absolute Gasteiger partial charge is 0.464 e. The van der Waals surface area contributed by atoms with Crippen molar-refractivity contribution in [2.24, 2.45) is 0 Å². The van der Waals surface area contributed by atoms with E-state index in [0.29, 0.717) is 12.2 Å². The van der Waals surface area contributed by atoms with E-state index in [-0.39, 0.29) is 18.3 Å². The maximum atomic E-state index is 10.5. The summed E-state index contributed by atoms with van der Waals surface area (Å²) >= 11 is 0. The van der Waals surface area contributed by atoms with E-state index in [4.69, 9.17) is 4.74 Å². The maximum absolute atomic E-state index is 10.5. The molecule has 1 N–H and O–H groups in total. The molecule has 0 aliphatic rings. The van der Waals surface area contributed by atoms with Gasteiger partial charge in [0.25, 0.3) is 5.69 Å². The summed E-state index contributed by atoms with van der Waals surface area (Å²) in [6, 6.07) is 6.14. The average Bonchev–Trinajstić information content (AvgIpc) is 2.24. The fraction of sp³-hybridized carbons (Fsp3) is 0.300. The molecule has 1 aromatic rings. The quantitative estimate of drug-likeness (QED) is 0.355. The molecule has 0 amide bonds. The third-order valence-electron chi connectivity index (χ3n) is 1.79. The minimum Gasteiger partial charge on any atom is -0.464 e. The Balaban J connectivity index is 2.45. The summed E-state index contributed by atoms with van der Waals surface area (Å²) < 4.78 is 4.71. The Hall–Kier alpha value is -2.11. The molecule has 0 saturated carbocycles. The number of benzene rings is 1. The second kappa shape index (κ2) is 5.69. The van der Waals surface area contributed by atoms with Crippen LogP contribution in [0.4, 0.5) is 11.4 Å². The summed E-state index contributed by atoms with van der Waals surface area (Å²) in [5.41, 5.74) is 0.652. The highest BCUT2D eigenvalue weighted by Gasteiger charge is 2.04. The lowest BCUT2D eigenvalue weighted by Crippen LogP contribution is -2.11. The fourth-order valence-corrected chi connectivity index (χ4v) is 1.12. The van der Waals surface area contributed by atoms with Crippen LogP contribution in [-0.2, 0) is 9.53 Å². The van der Waals surface area contributed by atoms with Crippen LogP contribution in [-0.4, -0.2) is 24.0 Å². The number of carbonyl (C=O) groups is 1. The van der Waals surface area contributed by atoms with E-state index in [1.807, 2.05) is 0 Å². The number of esters is 1. The van der Waals surface area contributed by atoms with Crippen molar-refractivity contribution in [3.05, 3.63) is 34.4 Å². The molecule has 0 spiro atoms. The number of nitrogens with one attached hydrogen (secondary N) is 1. The van der Waals surface area contributed by atoms with Crippen molar-refractivity contribution in [3.8, 4) is 0 Å². The topological polar surface area (TPSA) is 81.5 Å². The Labute approximate surface area is 92.4 Å². The van der Waals surface area contributed by atoms with Gasteiger partial charge in [0, 0.05) is 31.3 Å². The number of hydrogen-bond acceptors (Lipinski definition) is 5. The molecule has 0 bridgehead atoms. The SMILES string of the molecule is CC(=O)OCCNc1cccc([N+](=O)[O-])c1. The van der Waals surface area contributed by atoms with E-state index in [9.17, 15) is 14.9 Å². The van der Waals surface area contributed by atoms with Gasteiger partial charge in [-0.2, -0.15) is 0 Å². The number of anilines is 1. The lowest BCUT2D eigenvalue weighted by Gasteiger charge is -2.05. The molecular formula is C10H12N2O4. The molecule has 0 aliphatic carbocycles. The smallest absolute Gasteiger partial charge is 0.302 e. The predicted octanol–water partition coefficient (Wildman–Crippen LogP) is 1.57. The molecule has 0 aliphatic heterocycles. The van der Waals surface area contributed by atoms with E-state index >= 15 is 0 Å².